The van der Waals surface area contributed by atoms with Crippen molar-refractivity contribution in [3.8, 4) is 0 Å². The topological polar surface area (TPSA) is 43.1 Å². The molecule has 0 radical (unpaired) electrons. The number of aldehydes is 1. The van der Waals surface area contributed by atoms with Gasteiger partial charge in [-0.3, -0.25) is 0 Å². The highest BCUT2D eigenvalue weighted by Gasteiger charge is 2.05. The third-order valence-corrected chi connectivity index (χ3v) is 0.978. The van der Waals surface area contributed by atoms with Crippen LogP contribution in [0.5, 0.6) is 0 Å². The molecule has 0 saturated heterocycles. The Bertz CT molecular complexity index is 64.7. The number of carbonyl (C=O) groups excluding carboxylic acids is 1. The molecule has 0 aliphatic heterocycles. The molecule has 0 saturated carbocycles. The van der Waals surface area contributed by atoms with Crippen molar-refractivity contribution in [1.29, 1.82) is 0 Å². The van der Waals surface area contributed by atoms with Gasteiger partial charge in [-0.1, -0.05) is 0 Å². The van der Waals surface area contributed by atoms with Gasteiger partial charge in [-0.2, -0.15) is 0 Å². The van der Waals surface area contributed by atoms with Gasteiger partial charge in [0.05, 0.1) is 11.4 Å². The summed E-state index contributed by atoms with van der Waals surface area (Å²) in [5, 5.41) is -0.252. The smallest absolute Gasteiger partial charge is 0.138 e. The fourth-order valence-electron chi connectivity index (χ4n) is 0.108. The van der Waals surface area contributed by atoms with Crippen molar-refractivity contribution < 1.29 is 4.79 Å². The molecular weight excluding hydrogens is 114 g/mol. The Morgan fingerprint density at radius 3 is 2.29 bits per heavy atom. The average Bonchev–Trinajstić information content (AvgIpc) is 1.65. The summed E-state index contributed by atoms with van der Waals surface area (Å²) in [4.78, 5) is 9.74. The van der Waals surface area contributed by atoms with Gasteiger partial charge in [-0.15, -0.1) is 11.6 Å². The molecule has 2 N–H and O–H groups in total. The fraction of sp³-hybridized carbons (Fsp3) is 0.750. The van der Waals surface area contributed by atoms with Gasteiger partial charge in [0, 0.05) is 0 Å². The number of carbonyl (C=O) groups is 1. The van der Waals surface area contributed by atoms with Crippen LogP contribution in [-0.2, 0) is 4.79 Å². The van der Waals surface area contributed by atoms with Crippen LogP contribution in [0.2, 0.25) is 0 Å². The Morgan fingerprint density at radius 1 is 1.86 bits per heavy atom. The second-order valence-electron chi connectivity index (χ2n) is 1.39. The number of alkyl halides is 1. The third-order valence-electron chi connectivity index (χ3n) is 0.688. The van der Waals surface area contributed by atoms with Gasteiger partial charge in [-0.25, -0.2) is 0 Å². The lowest BCUT2D eigenvalue weighted by Crippen LogP contribution is -2.29. The standard InChI is InChI=1S/C4H8ClNO/c1-3(5)4(6)2-7/h2-4H,6H2,1H3/t3?,4-/m1/s1. The average molecular weight is 122 g/mol. The minimum atomic E-state index is -0.512. The summed E-state index contributed by atoms with van der Waals surface area (Å²) >= 11 is 5.37. The molecule has 0 heterocycles. The quantitative estimate of drug-likeness (QED) is 0.417. The predicted molar refractivity (Wildman–Crippen MR) is 29.4 cm³/mol. The highest BCUT2D eigenvalue weighted by atomic mass is 35.5. The lowest BCUT2D eigenvalue weighted by Gasteiger charge is -2.02. The Labute approximate surface area is 47.6 Å². The van der Waals surface area contributed by atoms with Crippen molar-refractivity contribution in [3.63, 3.8) is 0 Å². The van der Waals surface area contributed by atoms with Gasteiger partial charge in [0.1, 0.15) is 6.29 Å². The van der Waals surface area contributed by atoms with E-state index in [2.05, 4.69) is 0 Å². The first-order valence-corrected chi connectivity index (χ1v) is 2.47. The Hall–Kier alpha value is -0.0800. The number of rotatable bonds is 2. The first-order chi connectivity index (χ1) is 3.18. The van der Waals surface area contributed by atoms with Crippen LogP contribution in [0.25, 0.3) is 0 Å². The van der Waals surface area contributed by atoms with E-state index in [1.807, 2.05) is 0 Å². The zero-order valence-corrected chi connectivity index (χ0v) is 4.85. The molecule has 0 aromatic rings. The maximum Gasteiger partial charge on any atom is 0.138 e. The monoisotopic (exact) mass is 121 g/mol. The minimum absolute atomic E-state index is 0.252. The summed E-state index contributed by atoms with van der Waals surface area (Å²) in [5.41, 5.74) is 5.12. The fourth-order valence-corrected chi connectivity index (χ4v) is 0.168. The van der Waals surface area contributed by atoms with Crippen molar-refractivity contribution in [2.45, 2.75) is 18.3 Å². The molecule has 2 atom stereocenters. The molecular formula is C4H8ClNO. The molecule has 0 aromatic heterocycles. The number of nitrogens with two attached hydrogens (primary N) is 1. The van der Waals surface area contributed by atoms with E-state index < -0.39 is 6.04 Å². The lowest BCUT2D eigenvalue weighted by molar-refractivity contribution is -0.108. The van der Waals surface area contributed by atoms with Crippen LogP contribution >= 0.6 is 11.6 Å². The van der Waals surface area contributed by atoms with Crippen LogP contribution in [0.15, 0.2) is 0 Å². The van der Waals surface area contributed by atoms with E-state index in [9.17, 15) is 4.79 Å². The van der Waals surface area contributed by atoms with Crippen molar-refractivity contribution >= 4 is 17.9 Å². The molecule has 0 bridgehead atoms. The van der Waals surface area contributed by atoms with Gasteiger partial charge in [0.15, 0.2) is 0 Å². The summed E-state index contributed by atoms with van der Waals surface area (Å²) in [6.07, 6.45) is 0.637. The van der Waals surface area contributed by atoms with Crippen LogP contribution in [0.4, 0.5) is 0 Å². The molecule has 0 fully saturated rings. The molecule has 0 aliphatic rings. The van der Waals surface area contributed by atoms with Gasteiger partial charge in [0.2, 0.25) is 0 Å². The zero-order chi connectivity index (χ0) is 5.86. The van der Waals surface area contributed by atoms with E-state index in [0.717, 1.165) is 0 Å². The van der Waals surface area contributed by atoms with E-state index in [1.54, 1.807) is 6.92 Å². The largest absolute Gasteiger partial charge is 0.321 e. The minimum Gasteiger partial charge on any atom is -0.321 e. The third kappa shape index (κ3) is 2.60. The molecule has 0 amide bonds. The first-order valence-electron chi connectivity index (χ1n) is 2.03. The molecule has 2 nitrogen and oxygen atoms in total. The van der Waals surface area contributed by atoms with E-state index in [4.69, 9.17) is 17.3 Å². The molecule has 42 valence electrons. The van der Waals surface area contributed by atoms with Crippen LogP contribution < -0.4 is 5.73 Å². The number of hydrogen-bond donors (Lipinski definition) is 1. The van der Waals surface area contributed by atoms with Crippen molar-refractivity contribution in [2.24, 2.45) is 5.73 Å². The molecule has 1 unspecified atom stereocenters. The van der Waals surface area contributed by atoms with Crippen molar-refractivity contribution in [3.05, 3.63) is 0 Å². The normalized spacial score (nSPS) is 18.1. The molecule has 0 aliphatic carbocycles. The second-order valence-corrected chi connectivity index (χ2v) is 2.08. The van der Waals surface area contributed by atoms with E-state index in [1.165, 1.54) is 0 Å². The lowest BCUT2D eigenvalue weighted by atomic mass is 10.3. The Kier molecular flexibility index (Phi) is 2.96. The van der Waals surface area contributed by atoms with Crippen LogP contribution in [-0.4, -0.2) is 17.7 Å². The summed E-state index contributed by atoms with van der Waals surface area (Å²) in [6, 6.07) is -0.512. The summed E-state index contributed by atoms with van der Waals surface area (Å²) < 4.78 is 0. The van der Waals surface area contributed by atoms with Crippen molar-refractivity contribution in [1.82, 2.24) is 0 Å². The molecule has 3 heteroatoms. The SMILES string of the molecule is CC(Cl)[C@H](N)C=O. The van der Waals surface area contributed by atoms with Gasteiger partial charge in [-0.05, 0) is 6.92 Å². The highest BCUT2D eigenvalue weighted by molar-refractivity contribution is 6.21. The molecule has 0 spiro atoms. The van der Waals surface area contributed by atoms with E-state index in [-0.39, 0.29) is 5.38 Å². The van der Waals surface area contributed by atoms with E-state index >= 15 is 0 Å². The number of hydrogen-bond acceptors (Lipinski definition) is 2. The summed E-state index contributed by atoms with van der Waals surface area (Å²) in [6.45, 7) is 1.68. The molecule has 7 heavy (non-hydrogen) atoms. The van der Waals surface area contributed by atoms with Crippen molar-refractivity contribution in [2.75, 3.05) is 0 Å². The zero-order valence-electron chi connectivity index (χ0n) is 4.10. The Balaban J connectivity index is 3.33. The molecule has 0 aromatic carbocycles. The van der Waals surface area contributed by atoms with E-state index in [0.29, 0.717) is 6.29 Å². The van der Waals surface area contributed by atoms with Crippen LogP contribution in [0.1, 0.15) is 6.92 Å². The van der Waals surface area contributed by atoms with Crippen LogP contribution in [0.3, 0.4) is 0 Å². The maximum atomic E-state index is 9.74. The summed E-state index contributed by atoms with van der Waals surface area (Å²) in [7, 11) is 0. The summed E-state index contributed by atoms with van der Waals surface area (Å²) in [5.74, 6) is 0. The predicted octanol–water partition coefficient (Wildman–Crippen LogP) is 0.140. The van der Waals surface area contributed by atoms with Gasteiger partial charge in [0.25, 0.3) is 0 Å². The second kappa shape index (κ2) is 2.99. The van der Waals surface area contributed by atoms with Crippen LogP contribution in [0, 0.1) is 0 Å². The maximum absolute atomic E-state index is 9.74. The van der Waals surface area contributed by atoms with Gasteiger partial charge >= 0.3 is 0 Å². The number of halogens is 1. The molecule has 0 rings (SSSR count). The first kappa shape index (κ1) is 6.92. The Morgan fingerprint density at radius 2 is 2.29 bits per heavy atom. The highest BCUT2D eigenvalue weighted by Crippen LogP contribution is 1.94. The van der Waals surface area contributed by atoms with Gasteiger partial charge < -0.3 is 10.5 Å².